The molecule has 0 aliphatic heterocycles. The lowest BCUT2D eigenvalue weighted by molar-refractivity contribution is 1.65. The van der Waals surface area contributed by atoms with Gasteiger partial charge in [0.1, 0.15) is 0 Å². The van der Waals surface area contributed by atoms with Crippen LogP contribution in [0.1, 0.15) is 0 Å². The minimum atomic E-state index is 0.794. The van der Waals surface area contributed by atoms with Crippen LogP contribution in [0.4, 0.5) is 0 Å². The van der Waals surface area contributed by atoms with Gasteiger partial charge in [0.05, 0.1) is 0 Å². The number of halogens is 1. The van der Waals surface area contributed by atoms with E-state index in [4.69, 9.17) is 11.6 Å². The van der Waals surface area contributed by atoms with Crippen molar-refractivity contribution in [3.63, 3.8) is 0 Å². The van der Waals surface area contributed by atoms with Crippen molar-refractivity contribution in [1.29, 1.82) is 0 Å². The van der Waals surface area contributed by atoms with E-state index < -0.39 is 0 Å². The van der Waals surface area contributed by atoms with E-state index in [1.165, 1.54) is 21.6 Å². The topological polar surface area (TPSA) is 0 Å². The molecular formula is C22H17ClS. The summed E-state index contributed by atoms with van der Waals surface area (Å²) in [6, 6.07) is 32.7. The van der Waals surface area contributed by atoms with Crippen molar-refractivity contribution in [2.75, 3.05) is 0 Å². The van der Waals surface area contributed by atoms with E-state index in [2.05, 4.69) is 72.1 Å². The summed E-state index contributed by atoms with van der Waals surface area (Å²) in [5.41, 5.74) is 3.90. The number of hydrogen-bond acceptors (Lipinski definition) is 1. The summed E-state index contributed by atoms with van der Waals surface area (Å²) in [5, 5.41) is 2.95. The second kappa shape index (κ2) is 8.49. The molecule has 0 unspecified atom stereocenters. The average molecular weight is 349 g/mol. The molecule has 0 aliphatic carbocycles. The monoisotopic (exact) mass is 348 g/mol. The van der Waals surface area contributed by atoms with E-state index in [9.17, 15) is 0 Å². The predicted molar refractivity (Wildman–Crippen MR) is 107 cm³/mol. The van der Waals surface area contributed by atoms with Crippen LogP contribution in [0.3, 0.4) is 0 Å². The average Bonchev–Trinajstić information content (AvgIpc) is 3.14. The summed E-state index contributed by atoms with van der Waals surface area (Å²) in [7, 11) is 0. The standard InChI is InChI=1S/C16H12S.C6H5Cl/c1-3-7-13(8-4-1)15-11-12-17-16(15)14-9-5-2-6-10-14;7-6-4-2-1-3-5-6/h1-12H;1-5H. The summed E-state index contributed by atoms with van der Waals surface area (Å²) in [6.45, 7) is 0. The molecule has 4 aromatic rings. The third-order valence-corrected chi connectivity index (χ3v) is 4.73. The van der Waals surface area contributed by atoms with Crippen molar-refractivity contribution in [2.24, 2.45) is 0 Å². The molecule has 0 aliphatic rings. The van der Waals surface area contributed by atoms with E-state index in [0.29, 0.717) is 0 Å². The normalized spacial score (nSPS) is 9.88. The Morgan fingerprint density at radius 1 is 0.542 bits per heavy atom. The predicted octanol–water partition coefficient (Wildman–Crippen LogP) is 7.42. The van der Waals surface area contributed by atoms with E-state index in [1.54, 1.807) is 11.3 Å². The molecule has 0 fully saturated rings. The van der Waals surface area contributed by atoms with Crippen molar-refractivity contribution in [3.05, 3.63) is 107 Å². The first-order valence-electron chi connectivity index (χ1n) is 7.73. The molecule has 24 heavy (non-hydrogen) atoms. The second-order valence-corrected chi connectivity index (χ2v) is 6.54. The van der Waals surface area contributed by atoms with E-state index >= 15 is 0 Å². The molecule has 2 heteroatoms. The maximum Gasteiger partial charge on any atom is 0.0421 e. The Morgan fingerprint density at radius 2 is 1.04 bits per heavy atom. The smallest absolute Gasteiger partial charge is 0.0421 e. The molecule has 0 saturated heterocycles. The number of hydrogen-bond donors (Lipinski definition) is 0. The fourth-order valence-electron chi connectivity index (χ4n) is 2.38. The Kier molecular flexibility index (Phi) is 5.84. The van der Waals surface area contributed by atoms with Crippen LogP contribution in [0.25, 0.3) is 21.6 Å². The first kappa shape index (κ1) is 16.5. The van der Waals surface area contributed by atoms with Gasteiger partial charge in [-0.15, -0.1) is 11.3 Å². The van der Waals surface area contributed by atoms with Gasteiger partial charge in [-0.1, -0.05) is 90.5 Å². The lowest BCUT2D eigenvalue weighted by atomic mass is 10.0. The Hall–Kier alpha value is -2.35. The maximum absolute atomic E-state index is 5.54. The molecule has 3 aromatic carbocycles. The number of rotatable bonds is 2. The fraction of sp³-hybridized carbons (Fsp3) is 0. The van der Waals surface area contributed by atoms with Crippen LogP contribution in [0.5, 0.6) is 0 Å². The summed E-state index contributed by atoms with van der Waals surface area (Å²) in [5.74, 6) is 0. The quantitative estimate of drug-likeness (QED) is 0.353. The maximum atomic E-state index is 5.54. The van der Waals surface area contributed by atoms with Gasteiger partial charge in [-0.2, -0.15) is 0 Å². The molecule has 0 nitrogen and oxygen atoms in total. The summed E-state index contributed by atoms with van der Waals surface area (Å²) in [6.07, 6.45) is 0. The molecule has 0 bridgehead atoms. The minimum Gasteiger partial charge on any atom is -0.143 e. The van der Waals surface area contributed by atoms with Gasteiger partial charge in [0, 0.05) is 15.5 Å². The van der Waals surface area contributed by atoms with E-state index in [0.717, 1.165) is 5.02 Å². The Balaban J connectivity index is 0.000000203. The van der Waals surface area contributed by atoms with Gasteiger partial charge in [0.15, 0.2) is 0 Å². The molecule has 0 N–H and O–H groups in total. The largest absolute Gasteiger partial charge is 0.143 e. The van der Waals surface area contributed by atoms with Crippen LogP contribution in [0.15, 0.2) is 102 Å². The van der Waals surface area contributed by atoms with Gasteiger partial charge in [0.2, 0.25) is 0 Å². The molecule has 4 rings (SSSR count). The summed E-state index contributed by atoms with van der Waals surface area (Å²) in [4.78, 5) is 1.34. The Bertz CT molecular complexity index is 798. The van der Waals surface area contributed by atoms with E-state index in [1.807, 2.05) is 30.3 Å². The second-order valence-electron chi connectivity index (χ2n) is 5.19. The van der Waals surface area contributed by atoms with Gasteiger partial charge in [-0.05, 0) is 34.7 Å². The summed E-state index contributed by atoms with van der Waals surface area (Å²) < 4.78 is 0. The Morgan fingerprint density at radius 3 is 1.54 bits per heavy atom. The number of thiophene rings is 1. The highest BCUT2D eigenvalue weighted by atomic mass is 35.5. The molecule has 0 amide bonds. The molecule has 118 valence electrons. The molecule has 0 atom stereocenters. The van der Waals surface area contributed by atoms with Crippen molar-refractivity contribution >= 4 is 22.9 Å². The van der Waals surface area contributed by atoms with Crippen LogP contribution in [0.2, 0.25) is 5.02 Å². The van der Waals surface area contributed by atoms with Crippen molar-refractivity contribution in [3.8, 4) is 21.6 Å². The van der Waals surface area contributed by atoms with Gasteiger partial charge in [-0.25, -0.2) is 0 Å². The van der Waals surface area contributed by atoms with Crippen LogP contribution in [0, 0.1) is 0 Å². The molecule has 0 spiro atoms. The van der Waals surface area contributed by atoms with E-state index in [-0.39, 0.29) is 0 Å². The van der Waals surface area contributed by atoms with Gasteiger partial charge in [-0.3, -0.25) is 0 Å². The third-order valence-electron chi connectivity index (χ3n) is 3.52. The minimum absolute atomic E-state index is 0.794. The van der Waals surface area contributed by atoms with Gasteiger partial charge < -0.3 is 0 Å². The van der Waals surface area contributed by atoms with Crippen molar-refractivity contribution in [1.82, 2.24) is 0 Å². The van der Waals surface area contributed by atoms with Crippen LogP contribution >= 0.6 is 22.9 Å². The summed E-state index contributed by atoms with van der Waals surface area (Å²) >= 11 is 7.34. The lowest BCUT2D eigenvalue weighted by Crippen LogP contribution is -1.77. The van der Waals surface area contributed by atoms with Crippen LogP contribution in [-0.2, 0) is 0 Å². The number of benzene rings is 3. The zero-order chi connectivity index (χ0) is 16.6. The first-order chi connectivity index (χ1) is 11.8. The SMILES string of the molecule is Clc1ccccc1.c1ccc(-c2ccsc2-c2ccccc2)cc1. The lowest BCUT2D eigenvalue weighted by Gasteiger charge is -2.03. The van der Waals surface area contributed by atoms with Gasteiger partial charge >= 0.3 is 0 Å². The highest BCUT2D eigenvalue weighted by Crippen LogP contribution is 2.36. The Labute approximate surface area is 152 Å². The molecule has 1 heterocycles. The van der Waals surface area contributed by atoms with Crippen molar-refractivity contribution in [2.45, 2.75) is 0 Å². The zero-order valence-electron chi connectivity index (χ0n) is 13.1. The highest BCUT2D eigenvalue weighted by Gasteiger charge is 2.07. The highest BCUT2D eigenvalue weighted by molar-refractivity contribution is 7.14. The molecule has 0 radical (unpaired) electrons. The zero-order valence-corrected chi connectivity index (χ0v) is 14.7. The molecule has 1 aromatic heterocycles. The third kappa shape index (κ3) is 4.35. The van der Waals surface area contributed by atoms with Gasteiger partial charge in [0.25, 0.3) is 0 Å². The molecular weight excluding hydrogens is 332 g/mol. The fourth-order valence-corrected chi connectivity index (χ4v) is 3.45. The first-order valence-corrected chi connectivity index (χ1v) is 8.99. The van der Waals surface area contributed by atoms with Crippen molar-refractivity contribution < 1.29 is 0 Å². The van der Waals surface area contributed by atoms with Crippen LogP contribution in [-0.4, -0.2) is 0 Å². The van der Waals surface area contributed by atoms with Crippen LogP contribution < -0.4 is 0 Å². The molecule has 0 saturated carbocycles.